The maximum Gasteiger partial charge on any atom is 0.306 e. The highest BCUT2D eigenvalue weighted by atomic mass is 16.6. The summed E-state index contributed by atoms with van der Waals surface area (Å²) in [6, 6.07) is 0. The van der Waals surface area contributed by atoms with Gasteiger partial charge in [0.15, 0.2) is 6.10 Å². The van der Waals surface area contributed by atoms with E-state index in [2.05, 4.69) is 13.8 Å². The zero-order chi connectivity index (χ0) is 52.7. The Morgan fingerprint density at radius 2 is 0.425 bits per heavy atom. The number of hydrogen-bond acceptors (Lipinski definition) is 5. The zero-order valence-corrected chi connectivity index (χ0v) is 50.2. The molecule has 5 heteroatoms. The highest BCUT2D eigenvalue weighted by Crippen LogP contribution is 2.20. The van der Waals surface area contributed by atoms with Gasteiger partial charge in [0.25, 0.3) is 0 Å². The molecule has 0 aromatic heterocycles. The predicted molar refractivity (Wildman–Crippen MR) is 321 cm³/mol. The minimum Gasteiger partial charge on any atom is -0.462 e. The SMILES string of the molecule is CCCCCCCCCCCCCCCCCCCCCCCCCCCCCCCCCCCCCCCCCCC(=O)OC(CO)COC(=O)CCCCCCCCCCCCCCCCCCCCC. The standard InChI is InChI=1S/C68H134O5/c1-3-5-7-9-11-13-15-17-19-21-23-24-25-26-27-28-29-30-31-32-33-34-35-36-37-38-39-40-41-42-43-45-47-49-51-53-55-57-59-61-63-68(71)73-66(64-69)65-72-67(70)62-60-58-56-54-52-50-48-46-44-22-20-18-16-14-12-10-8-6-4-2/h66,69H,3-65H2,1-2H3. The summed E-state index contributed by atoms with van der Waals surface area (Å²) in [4.78, 5) is 24.6. The molecule has 0 saturated carbocycles. The lowest BCUT2D eigenvalue weighted by molar-refractivity contribution is -0.161. The number of esters is 2. The van der Waals surface area contributed by atoms with Crippen LogP contribution >= 0.6 is 0 Å². The fourth-order valence-electron chi connectivity index (χ4n) is 11.0. The fraction of sp³-hybridized carbons (Fsp3) is 0.971. The lowest BCUT2D eigenvalue weighted by Gasteiger charge is -2.15. The molecule has 0 bridgehead atoms. The molecule has 0 aromatic carbocycles. The van der Waals surface area contributed by atoms with Gasteiger partial charge in [-0.25, -0.2) is 0 Å². The second-order valence-electron chi connectivity index (χ2n) is 23.6. The van der Waals surface area contributed by atoms with E-state index in [0.717, 1.165) is 32.1 Å². The van der Waals surface area contributed by atoms with Gasteiger partial charge < -0.3 is 14.6 Å². The molecule has 0 amide bonds. The molecule has 1 unspecified atom stereocenters. The summed E-state index contributed by atoms with van der Waals surface area (Å²) in [6.45, 7) is 4.22. The molecule has 0 aromatic rings. The monoisotopic (exact) mass is 1030 g/mol. The van der Waals surface area contributed by atoms with Gasteiger partial charge in [-0.15, -0.1) is 0 Å². The molecule has 0 rings (SSSR count). The van der Waals surface area contributed by atoms with Gasteiger partial charge in [-0.2, -0.15) is 0 Å². The molecule has 0 aliphatic carbocycles. The quantitative estimate of drug-likeness (QED) is 0.0485. The van der Waals surface area contributed by atoms with Gasteiger partial charge in [0.2, 0.25) is 0 Å². The average Bonchev–Trinajstić information content (AvgIpc) is 3.39. The molecular weight excluding hydrogens is 897 g/mol. The molecule has 1 atom stereocenters. The molecule has 0 saturated heterocycles. The first-order valence-electron chi connectivity index (χ1n) is 34.1. The molecule has 0 heterocycles. The first kappa shape index (κ1) is 71.9. The number of carbonyl (C=O) groups is 2. The summed E-state index contributed by atoms with van der Waals surface area (Å²) >= 11 is 0. The van der Waals surface area contributed by atoms with Gasteiger partial charge in [0.1, 0.15) is 6.61 Å². The van der Waals surface area contributed by atoms with Crippen molar-refractivity contribution in [2.75, 3.05) is 13.2 Å². The second-order valence-corrected chi connectivity index (χ2v) is 23.6. The van der Waals surface area contributed by atoms with Gasteiger partial charge in [-0.1, -0.05) is 380 Å². The summed E-state index contributed by atoms with van der Waals surface area (Å²) in [6.07, 6.45) is 81.5. The van der Waals surface area contributed by atoms with Crippen molar-refractivity contribution in [1.29, 1.82) is 0 Å². The van der Waals surface area contributed by atoms with Crippen LogP contribution in [0.3, 0.4) is 0 Å². The van der Waals surface area contributed by atoms with Gasteiger partial charge in [-0.05, 0) is 12.8 Å². The van der Waals surface area contributed by atoms with Crippen LogP contribution in [0.4, 0.5) is 0 Å². The smallest absolute Gasteiger partial charge is 0.306 e. The van der Waals surface area contributed by atoms with E-state index in [1.807, 2.05) is 0 Å². The first-order chi connectivity index (χ1) is 36.1. The van der Waals surface area contributed by atoms with Crippen LogP contribution in [-0.4, -0.2) is 36.4 Å². The largest absolute Gasteiger partial charge is 0.462 e. The lowest BCUT2D eigenvalue weighted by Crippen LogP contribution is -2.28. The summed E-state index contributed by atoms with van der Waals surface area (Å²) < 4.78 is 10.7. The maximum absolute atomic E-state index is 12.3. The Morgan fingerprint density at radius 3 is 0.603 bits per heavy atom. The van der Waals surface area contributed by atoms with Crippen molar-refractivity contribution < 1.29 is 24.2 Å². The second kappa shape index (κ2) is 65.2. The molecule has 1 N–H and O–H groups in total. The van der Waals surface area contributed by atoms with Crippen LogP contribution < -0.4 is 0 Å². The van der Waals surface area contributed by atoms with Crippen LogP contribution in [0.2, 0.25) is 0 Å². The minimum absolute atomic E-state index is 0.0556. The third kappa shape index (κ3) is 63.3. The van der Waals surface area contributed by atoms with Crippen LogP contribution in [0.5, 0.6) is 0 Å². The van der Waals surface area contributed by atoms with E-state index in [1.54, 1.807) is 0 Å². The van der Waals surface area contributed by atoms with E-state index in [-0.39, 0.29) is 25.2 Å². The lowest BCUT2D eigenvalue weighted by atomic mass is 10.0. The van der Waals surface area contributed by atoms with Crippen molar-refractivity contribution in [2.24, 2.45) is 0 Å². The first-order valence-corrected chi connectivity index (χ1v) is 34.1. The van der Waals surface area contributed by atoms with Crippen molar-refractivity contribution in [1.82, 2.24) is 0 Å². The third-order valence-electron chi connectivity index (χ3n) is 16.2. The summed E-state index contributed by atoms with van der Waals surface area (Å²) in [5.74, 6) is -0.561. The Hall–Kier alpha value is -1.10. The molecule has 0 aliphatic rings. The Morgan fingerprint density at radius 1 is 0.260 bits per heavy atom. The average molecular weight is 1030 g/mol. The number of aliphatic hydroxyl groups is 1. The zero-order valence-electron chi connectivity index (χ0n) is 50.2. The third-order valence-corrected chi connectivity index (χ3v) is 16.2. The normalized spacial score (nSPS) is 12.0. The van der Waals surface area contributed by atoms with E-state index in [0.29, 0.717) is 12.8 Å². The Labute approximate surface area is 459 Å². The predicted octanol–water partition coefficient (Wildman–Crippen LogP) is 23.3. The van der Waals surface area contributed by atoms with Crippen LogP contribution in [0.25, 0.3) is 0 Å². The number of carbonyl (C=O) groups excluding carboxylic acids is 2. The Balaban J connectivity index is 3.32. The van der Waals surface area contributed by atoms with Crippen molar-refractivity contribution in [3.05, 3.63) is 0 Å². The van der Waals surface area contributed by atoms with E-state index in [1.165, 1.54) is 347 Å². The summed E-state index contributed by atoms with van der Waals surface area (Å²) in [5, 5.41) is 9.67. The van der Waals surface area contributed by atoms with Gasteiger partial charge in [-0.3, -0.25) is 9.59 Å². The molecule has 0 aliphatic heterocycles. The number of aliphatic hydroxyl groups excluding tert-OH is 1. The van der Waals surface area contributed by atoms with E-state index in [4.69, 9.17) is 9.47 Å². The van der Waals surface area contributed by atoms with Crippen LogP contribution in [0.15, 0.2) is 0 Å². The molecule has 0 radical (unpaired) electrons. The minimum atomic E-state index is -0.765. The Kier molecular flexibility index (Phi) is 64.2. The maximum atomic E-state index is 12.3. The van der Waals surface area contributed by atoms with Crippen LogP contribution in [0.1, 0.15) is 406 Å². The number of hydrogen-bond donors (Lipinski definition) is 1. The highest BCUT2D eigenvalue weighted by molar-refractivity contribution is 5.70. The van der Waals surface area contributed by atoms with E-state index >= 15 is 0 Å². The molecule has 0 spiro atoms. The molecule has 5 nitrogen and oxygen atoms in total. The fourth-order valence-corrected chi connectivity index (χ4v) is 11.0. The van der Waals surface area contributed by atoms with Gasteiger partial charge >= 0.3 is 11.9 Å². The highest BCUT2D eigenvalue weighted by Gasteiger charge is 2.16. The van der Waals surface area contributed by atoms with Crippen molar-refractivity contribution >= 4 is 11.9 Å². The van der Waals surface area contributed by atoms with Gasteiger partial charge in [0, 0.05) is 12.8 Å². The number of unbranched alkanes of at least 4 members (excludes halogenated alkanes) is 57. The van der Waals surface area contributed by atoms with Crippen LogP contribution in [-0.2, 0) is 19.1 Å². The molecular formula is C68H134O5. The van der Waals surface area contributed by atoms with Crippen molar-refractivity contribution in [3.63, 3.8) is 0 Å². The topological polar surface area (TPSA) is 72.8 Å². The molecule has 0 fully saturated rings. The number of ether oxygens (including phenoxy) is 2. The van der Waals surface area contributed by atoms with E-state index < -0.39 is 6.10 Å². The molecule has 436 valence electrons. The molecule has 73 heavy (non-hydrogen) atoms. The van der Waals surface area contributed by atoms with Gasteiger partial charge in [0.05, 0.1) is 6.61 Å². The van der Waals surface area contributed by atoms with Crippen molar-refractivity contribution in [2.45, 2.75) is 412 Å². The summed E-state index contributed by atoms with van der Waals surface area (Å²) in [5.41, 5.74) is 0. The van der Waals surface area contributed by atoms with E-state index in [9.17, 15) is 14.7 Å². The summed E-state index contributed by atoms with van der Waals surface area (Å²) in [7, 11) is 0. The Bertz CT molecular complexity index is 1030. The van der Waals surface area contributed by atoms with Crippen LogP contribution in [0, 0.1) is 0 Å². The number of rotatable bonds is 65. The van der Waals surface area contributed by atoms with Crippen molar-refractivity contribution in [3.8, 4) is 0 Å².